The Kier molecular flexibility index (Phi) is 24.3. The highest BCUT2D eigenvalue weighted by atomic mass is 32.2. The van der Waals surface area contributed by atoms with Crippen molar-refractivity contribution in [3.63, 3.8) is 0 Å². The molecule has 3 aliphatic carbocycles. The van der Waals surface area contributed by atoms with E-state index in [1.165, 1.54) is 14.9 Å². The Balaban J connectivity index is 0.000000297. The highest BCUT2D eigenvalue weighted by molar-refractivity contribution is 7.90. The van der Waals surface area contributed by atoms with E-state index in [-0.39, 0.29) is 68.5 Å². The van der Waals surface area contributed by atoms with E-state index in [2.05, 4.69) is 30.9 Å². The lowest BCUT2D eigenvalue weighted by Gasteiger charge is -2.36. The molecule has 5 aliphatic rings. The molecule has 3 saturated carbocycles. The number of sulfonamides is 2. The lowest BCUT2D eigenvalue weighted by molar-refractivity contribution is -0.123. The topological polar surface area (TPSA) is 294 Å². The van der Waals surface area contributed by atoms with Crippen molar-refractivity contribution in [2.24, 2.45) is 0 Å². The summed E-state index contributed by atoms with van der Waals surface area (Å²) < 4.78 is 88.4. The van der Waals surface area contributed by atoms with Crippen molar-refractivity contribution in [2.75, 3.05) is 68.5 Å². The third-order valence-corrected chi connectivity index (χ3v) is 26.3. The van der Waals surface area contributed by atoms with E-state index in [1.807, 2.05) is 140 Å². The fourth-order valence-electron chi connectivity index (χ4n) is 15.1. The fraction of sp³-hybridized carbons (Fsp3) is 0.349. The van der Waals surface area contributed by atoms with Crippen LogP contribution >= 0.6 is 0 Å². The Labute approximate surface area is 637 Å². The van der Waals surface area contributed by atoms with Gasteiger partial charge in [0, 0.05) is 58.1 Å². The molecule has 3 amide bonds. The summed E-state index contributed by atoms with van der Waals surface area (Å²) in [6.45, 7) is 0.477. The molecule has 6 aromatic carbocycles. The highest BCUT2D eigenvalue weighted by Crippen LogP contribution is 2.50. The smallest absolute Gasteiger partial charge is 0.243 e. The molecule has 0 bridgehead atoms. The normalized spacial score (nSPS) is 18.1. The summed E-state index contributed by atoms with van der Waals surface area (Å²) in [5.41, 5.74) is 6.64. The van der Waals surface area contributed by atoms with E-state index < -0.39 is 46.1 Å². The first-order valence-corrected chi connectivity index (χ1v) is 41.5. The van der Waals surface area contributed by atoms with Gasteiger partial charge in [0.2, 0.25) is 37.8 Å². The van der Waals surface area contributed by atoms with Crippen LogP contribution in [0.5, 0.6) is 11.5 Å². The Morgan fingerprint density at radius 2 is 0.822 bits per heavy atom. The Morgan fingerprint density at radius 1 is 0.439 bits per heavy atom. The van der Waals surface area contributed by atoms with Crippen LogP contribution in [0.1, 0.15) is 129 Å². The van der Waals surface area contributed by atoms with Gasteiger partial charge in [0.1, 0.15) is 38.8 Å². The molecule has 5 heterocycles. The number of benzene rings is 6. The molecular formula is C83H106N8O13S3. The third-order valence-electron chi connectivity index (χ3n) is 21.4. The van der Waals surface area contributed by atoms with Crippen LogP contribution in [0.15, 0.2) is 216 Å². The van der Waals surface area contributed by atoms with E-state index in [9.17, 15) is 49.9 Å². The van der Waals surface area contributed by atoms with Crippen LogP contribution < -0.4 is 25.4 Å². The summed E-state index contributed by atoms with van der Waals surface area (Å²) >= 11 is 0. The van der Waals surface area contributed by atoms with E-state index in [0.29, 0.717) is 61.2 Å². The van der Waals surface area contributed by atoms with Crippen molar-refractivity contribution < 1.29 is 69.3 Å². The lowest BCUT2D eigenvalue weighted by Crippen LogP contribution is -2.42. The Hall–Kier alpha value is -9.53. The van der Waals surface area contributed by atoms with Crippen molar-refractivity contribution in [1.82, 2.24) is 23.6 Å². The number of rotatable bonds is 23. The maximum Gasteiger partial charge on any atom is 0.243 e. The number of sulfone groups is 1. The second-order valence-corrected chi connectivity index (χ2v) is 34.3. The minimum Gasteiger partial charge on any atom is -0.497 e. The molecule has 2 aliphatic heterocycles. The zero-order valence-electron chi connectivity index (χ0n) is 60.5. The number of nitrogens with zero attached hydrogens (tertiary/aromatic N) is 5. The molecule has 21 nitrogen and oxygen atoms in total. The lowest BCUT2D eigenvalue weighted by atomic mass is 9.68. The third kappa shape index (κ3) is 17.7. The fourth-order valence-corrected chi connectivity index (χ4v) is 19.1. The largest absolute Gasteiger partial charge is 0.497 e. The van der Waals surface area contributed by atoms with E-state index >= 15 is 0 Å². The Morgan fingerprint density at radius 3 is 1.22 bits per heavy atom. The molecule has 24 heteroatoms. The number of aryl methyl sites for hydroxylation is 1. The van der Waals surface area contributed by atoms with Crippen molar-refractivity contribution >= 4 is 65.1 Å². The van der Waals surface area contributed by atoms with E-state index in [1.54, 1.807) is 80.9 Å². The molecule has 9 aromatic rings. The minimum atomic E-state index is -3.68. The molecular weight excluding hydrogens is 1410 g/mol. The number of aliphatic hydroxyl groups excluding tert-OH is 2. The first kappa shape index (κ1) is 77.1. The predicted octanol–water partition coefficient (Wildman–Crippen LogP) is 14.8. The van der Waals surface area contributed by atoms with Crippen LogP contribution in [-0.2, 0) is 66.9 Å². The molecule has 2 atom stereocenters. The number of methoxy groups -OCH3 is 2. The number of aliphatic hydroxyl groups is 2. The summed E-state index contributed by atoms with van der Waals surface area (Å²) in [7, 11) is -7.11. The predicted molar refractivity (Wildman–Crippen MR) is 429 cm³/mol. The number of hydrogen-bond donors (Lipinski definition) is 5. The van der Waals surface area contributed by atoms with Crippen LogP contribution in [0.4, 0.5) is 17.5 Å². The summed E-state index contributed by atoms with van der Waals surface area (Å²) in [4.78, 5) is 54.7. The van der Waals surface area contributed by atoms with Gasteiger partial charge >= 0.3 is 0 Å². The van der Waals surface area contributed by atoms with Gasteiger partial charge in [0.15, 0.2) is 0 Å². The molecule has 2 saturated heterocycles. The Bertz CT molecular complexity index is 4980. The molecule has 14 rings (SSSR count). The first-order valence-electron chi connectivity index (χ1n) is 36.5. The number of carbonyl (C=O) groups excluding carboxylic acids is 3. The number of amides is 3. The van der Waals surface area contributed by atoms with E-state index in [4.69, 9.17) is 9.47 Å². The van der Waals surface area contributed by atoms with Gasteiger partial charge in [0.25, 0.3) is 0 Å². The molecule has 0 unspecified atom stereocenters. The maximum absolute atomic E-state index is 13.6. The summed E-state index contributed by atoms with van der Waals surface area (Å²) in [6, 6.07) is 61.9. The summed E-state index contributed by atoms with van der Waals surface area (Å²) in [5.74, 6) is 2.88. The van der Waals surface area contributed by atoms with Crippen molar-refractivity contribution in [3.05, 3.63) is 229 Å². The van der Waals surface area contributed by atoms with Gasteiger partial charge in [-0.1, -0.05) is 153 Å². The number of carbonyl (C=O) groups is 3. The molecule has 574 valence electrons. The standard InChI is InChI=1S/C29H33N3O5S.C29H33N3O4S.C25H26N2O4S.7H2/c1-37-24-13-11-22(12-14-24)29(17-2-3-18-29)28(34)31-27-8-4-7-26(30-27)21-9-15-25(16-10-21)38(35,36)32-19-5-6-23(32)20-33;33-21-24-11-8-20-32(24)37(35,36)25-16-14-22(15-17-25)26-12-7-13-27(30-26)31-28(34)29(18-5-2-6-19-29)23-9-3-1-4-10-23;1-31-21-6-3-5-20(17-21)25(14-15-25)24(28)27-23-8-4-7-22(26-23)19-11-9-18(10-12-19)13-16-32(2,29)30;;;;;;;/h4,7-16,23,33H,2-3,5-6,17-20H2,1H3,(H,30,31,34);1,3-4,7,9-10,12-17,24,33H,2,5-6,8,11,18-21H2,(H,30,31,34);3-12,17H,13-16H2,1-2H3,(H,26,27,28);7*1H/t23-;24-;;;;;;;;/m11......../s1. The molecule has 3 aromatic heterocycles. The summed E-state index contributed by atoms with van der Waals surface area (Å²) in [6.07, 6.45) is 14.4. The van der Waals surface area contributed by atoms with E-state index in [0.717, 1.165) is 140 Å². The van der Waals surface area contributed by atoms with Gasteiger partial charge in [-0.3, -0.25) is 14.4 Å². The number of pyridine rings is 3. The number of anilines is 3. The molecule has 0 radical (unpaired) electrons. The second-order valence-electron chi connectivity index (χ2n) is 28.2. The van der Waals surface area contributed by atoms with Crippen molar-refractivity contribution in [1.29, 1.82) is 0 Å². The SMILES string of the molecule is COc1ccc(C2(C(=O)Nc3cccc(-c4ccc(S(=O)(=O)N5CCC[C@@H]5CO)cc4)n3)CCCC2)cc1.COc1cccc(C2(C(=O)Nc3cccc(-c4ccc(CCS(C)(=O)=O)cc4)n3)CC2)c1.O=C(Nc1cccc(-c2ccc(S(=O)(=O)N3CCC[C@@H]3CO)cc2)n1)C1(c2ccccc2)CCCCC1.[HH].[HH].[HH].[HH].[HH].[HH].[HH]. The number of hydrogen-bond acceptors (Lipinski definition) is 16. The van der Waals surface area contributed by atoms with Crippen LogP contribution in [0.3, 0.4) is 0 Å². The number of ether oxygens (including phenoxy) is 2. The summed E-state index contributed by atoms with van der Waals surface area (Å²) in [5, 5.41) is 28.2. The monoisotopic (exact) mass is 1520 g/mol. The second kappa shape index (κ2) is 33.7. The van der Waals surface area contributed by atoms with Gasteiger partial charge in [-0.2, -0.15) is 8.61 Å². The quantitative estimate of drug-likeness (QED) is 0.0398. The van der Waals surface area contributed by atoms with Gasteiger partial charge in [-0.05, 0) is 178 Å². The molecule has 5 fully saturated rings. The molecule has 0 spiro atoms. The highest BCUT2D eigenvalue weighted by Gasteiger charge is 2.52. The van der Waals surface area contributed by atoms with Crippen molar-refractivity contribution in [3.8, 4) is 45.3 Å². The van der Waals surface area contributed by atoms with Gasteiger partial charge in [-0.25, -0.2) is 40.2 Å². The average molecular weight is 1520 g/mol. The van der Waals surface area contributed by atoms with Crippen LogP contribution in [0.25, 0.3) is 33.8 Å². The number of aromatic nitrogens is 3. The molecule has 107 heavy (non-hydrogen) atoms. The van der Waals surface area contributed by atoms with Crippen molar-refractivity contribution in [2.45, 2.75) is 141 Å². The van der Waals surface area contributed by atoms with Crippen LogP contribution in [0, 0.1) is 0 Å². The zero-order chi connectivity index (χ0) is 75.4. The maximum atomic E-state index is 13.6. The average Bonchev–Trinajstić information content (AvgIpc) is 1.64. The first-order chi connectivity index (χ1) is 51.6. The van der Waals surface area contributed by atoms with Crippen LogP contribution in [0.2, 0.25) is 0 Å². The number of nitrogens with one attached hydrogen (secondary N) is 3. The van der Waals surface area contributed by atoms with Gasteiger partial charge in [0.05, 0.1) is 76.3 Å². The zero-order valence-corrected chi connectivity index (χ0v) is 62.9. The molecule has 5 N–H and O–H groups in total. The van der Waals surface area contributed by atoms with Gasteiger partial charge < -0.3 is 35.6 Å². The van der Waals surface area contributed by atoms with Crippen LogP contribution in [-0.4, -0.2) is 141 Å². The minimum absolute atomic E-state index is 0. The van der Waals surface area contributed by atoms with Gasteiger partial charge in [-0.15, -0.1) is 0 Å².